The van der Waals surface area contributed by atoms with E-state index < -0.39 is 18.1 Å². The van der Waals surface area contributed by atoms with E-state index in [0.29, 0.717) is 0 Å². The summed E-state index contributed by atoms with van der Waals surface area (Å²) < 4.78 is 2.16. The molecule has 0 aromatic heterocycles. The molecule has 1 aliphatic heterocycles. The standard InChI is InChI=1S/C10H19IN3O3/c1-6(15)8(9(12)16)13-10(17)7-4-3-5-14(7)11-2/h6-8,15H,3-5H2,1-2H3,(H2,12,16)(H,13,17)/q-1/t6-,7+,8+/m1/s1. The maximum absolute atomic E-state index is 12.0. The van der Waals surface area contributed by atoms with Gasteiger partial charge in [-0.25, -0.2) is 0 Å². The minimum absolute atomic E-state index is 0.134. The van der Waals surface area contributed by atoms with Gasteiger partial charge in [0, 0.05) is 0 Å². The normalized spacial score (nSPS) is 24.5. The molecule has 1 fully saturated rings. The number of aliphatic hydroxyl groups excluding tert-OH is 1. The minimum atomic E-state index is -1.000. The quantitative estimate of drug-likeness (QED) is 0.263. The second kappa shape index (κ2) is 6.50. The summed E-state index contributed by atoms with van der Waals surface area (Å²) in [6.07, 6.45) is 0.842. The van der Waals surface area contributed by atoms with Gasteiger partial charge in [-0.1, -0.05) is 0 Å². The molecule has 0 unspecified atom stereocenters. The SMILES string of the molecule is C[I-]N1CCC[C@H]1C(=O)N[C@H](C(N)=O)[C@@H](C)O. The van der Waals surface area contributed by atoms with Gasteiger partial charge in [0.05, 0.1) is 0 Å². The third kappa shape index (κ3) is 3.78. The number of alkyl halides is 1. The van der Waals surface area contributed by atoms with Gasteiger partial charge in [-0.2, -0.15) is 0 Å². The van der Waals surface area contributed by atoms with Gasteiger partial charge >= 0.3 is 112 Å². The monoisotopic (exact) mass is 356 g/mol. The number of nitrogens with zero attached hydrogens (tertiary/aromatic N) is 1. The number of primary amides is 1. The molecule has 1 saturated heterocycles. The Kier molecular flexibility index (Phi) is 5.60. The predicted molar refractivity (Wildman–Crippen MR) is 58.5 cm³/mol. The Balaban J connectivity index is 2.61. The van der Waals surface area contributed by atoms with Gasteiger partial charge in [0.1, 0.15) is 0 Å². The molecular formula is C10H19IN3O3-. The first-order valence-electron chi connectivity index (χ1n) is 5.51. The Morgan fingerprint density at radius 3 is 2.71 bits per heavy atom. The maximum atomic E-state index is 12.0. The number of hydrogen-bond acceptors (Lipinski definition) is 4. The van der Waals surface area contributed by atoms with Crippen LogP contribution in [-0.4, -0.2) is 49.7 Å². The van der Waals surface area contributed by atoms with Gasteiger partial charge in [-0.05, 0) is 0 Å². The number of rotatable bonds is 5. The first-order chi connectivity index (χ1) is 7.97. The van der Waals surface area contributed by atoms with Crippen LogP contribution in [0.25, 0.3) is 0 Å². The molecule has 0 aliphatic carbocycles. The molecule has 1 heterocycles. The second-order valence-corrected chi connectivity index (χ2v) is 6.28. The molecule has 17 heavy (non-hydrogen) atoms. The Morgan fingerprint density at radius 1 is 1.59 bits per heavy atom. The van der Waals surface area contributed by atoms with Gasteiger partial charge in [-0.15, -0.1) is 0 Å². The molecule has 3 atom stereocenters. The van der Waals surface area contributed by atoms with Crippen LogP contribution in [0.1, 0.15) is 19.8 Å². The zero-order chi connectivity index (χ0) is 13.0. The van der Waals surface area contributed by atoms with Crippen molar-refractivity contribution in [1.82, 2.24) is 8.43 Å². The van der Waals surface area contributed by atoms with Gasteiger partial charge in [-0.3, -0.25) is 0 Å². The average Bonchev–Trinajstić information content (AvgIpc) is 2.72. The van der Waals surface area contributed by atoms with Crippen LogP contribution in [0, 0.1) is 0 Å². The predicted octanol–water partition coefficient (Wildman–Crippen LogP) is -4.56. The van der Waals surface area contributed by atoms with E-state index in [4.69, 9.17) is 5.73 Å². The molecule has 0 bridgehead atoms. The Labute approximate surface area is 112 Å². The van der Waals surface area contributed by atoms with Crippen molar-refractivity contribution in [2.45, 2.75) is 38.0 Å². The van der Waals surface area contributed by atoms with Crippen molar-refractivity contribution in [2.75, 3.05) is 11.5 Å². The Hall–Kier alpha value is -0.410. The summed E-state index contributed by atoms with van der Waals surface area (Å²) in [5.74, 6) is -0.905. The molecule has 4 N–H and O–H groups in total. The van der Waals surface area contributed by atoms with E-state index in [2.05, 4.69) is 13.4 Å². The fraction of sp³-hybridized carbons (Fsp3) is 0.800. The molecule has 1 aliphatic rings. The van der Waals surface area contributed by atoms with Gasteiger partial charge < -0.3 is 0 Å². The van der Waals surface area contributed by atoms with Crippen molar-refractivity contribution < 1.29 is 36.2 Å². The number of carbonyl (C=O) groups excluding carboxylic acids is 2. The zero-order valence-corrected chi connectivity index (χ0v) is 12.2. The van der Waals surface area contributed by atoms with Crippen LogP contribution >= 0.6 is 0 Å². The molecule has 0 saturated carbocycles. The number of aliphatic hydroxyl groups is 1. The zero-order valence-electron chi connectivity index (χ0n) is 10.0. The molecule has 7 heteroatoms. The number of nitrogens with one attached hydrogen (secondary N) is 1. The molecule has 0 aromatic carbocycles. The van der Waals surface area contributed by atoms with E-state index in [1.54, 1.807) is 0 Å². The molecular weight excluding hydrogens is 337 g/mol. The van der Waals surface area contributed by atoms with Gasteiger partial charge in [0.2, 0.25) is 0 Å². The molecule has 1 rings (SSSR count). The van der Waals surface area contributed by atoms with Gasteiger partial charge in [0.15, 0.2) is 0 Å². The van der Waals surface area contributed by atoms with Crippen LogP contribution < -0.4 is 32.5 Å². The summed E-state index contributed by atoms with van der Waals surface area (Å²) in [5, 5.41) is 11.9. The second-order valence-electron chi connectivity index (χ2n) is 4.08. The third-order valence-corrected chi connectivity index (χ3v) is 5.19. The van der Waals surface area contributed by atoms with Crippen molar-refractivity contribution in [3.8, 4) is 0 Å². The van der Waals surface area contributed by atoms with Crippen LogP contribution in [0.3, 0.4) is 0 Å². The summed E-state index contributed by atoms with van der Waals surface area (Å²) >= 11 is -0.134. The van der Waals surface area contributed by atoms with Crippen molar-refractivity contribution in [1.29, 1.82) is 0 Å². The Morgan fingerprint density at radius 2 is 2.24 bits per heavy atom. The van der Waals surface area contributed by atoms with Crippen LogP contribution in [0.15, 0.2) is 0 Å². The molecule has 100 valence electrons. The average molecular weight is 356 g/mol. The van der Waals surface area contributed by atoms with Crippen LogP contribution in [0.4, 0.5) is 0 Å². The van der Waals surface area contributed by atoms with E-state index in [1.165, 1.54) is 6.92 Å². The summed E-state index contributed by atoms with van der Waals surface area (Å²) in [6, 6.07) is -1.16. The first-order valence-corrected chi connectivity index (χ1v) is 8.63. The fourth-order valence-corrected chi connectivity index (χ4v) is 3.90. The van der Waals surface area contributed by atoms with Crippen molar-refractivity contribution in [2.24, 2.45) is 5.73 Å². The number of halogens is 1. The van der Waals surface area contributed by atoms with E-state index >= 15 is 0 Å². The summed E-state index contributed by atoms with van der Waals surface area (Å²) in [6.45, 7) is 2.38. The number of hydrogen-bond donors (Lipinski definition) is 3. The van der Waals surface area contributed by atoms with Crippen molar-refractivity contribution in [3.05, 3.63) is 0 Å². The molecule has 0 aromatic rings. The molecule has 0 radical (unpaired) electrons. The third-order valence-electron chi connectivity index (χ3n) is 2.79. The van der Waals surface area contributed by atoms with E-state index in [-0.39, 0.29) is 33.4 Å². The van der Waals surface area contributed by atoms with Crippen LogP contribution in [0.2, 0.25) is 0 Å². The van der Waals surface area contributed by atoms with Crippen molar-refractivity contribution in [3.63, 3.8) is 0 Å². The molecule has 0 spiro atoms. The summed E-state index contributed by atoms with van der Waals surface area (Å²) in [7, 11) is 0. The fourth-order valence-electron chi connectivity index (χ4n) is 1.87. The van der Waals surface area contributed by atoms with Crippen LogP contribution in [-0.2, 0) is 9.59 Å². The summed E-state index contributed by atoms with van der Waals surface area (Å²) in [4.78, 5) is 25.2. The number of nitrogens with two attached hydrogens (primary N) is 1. The first kappa shape index (κ1) is 14.7. The Bertz CT molecular complexity index is 299. The number of amides is 2. The van der Waals surface area contributed by atoms with Crippen LogP contribution in [0.5, 0.6) is 0 Å². The molecule has 6 nitrogen and oxygen atoms in total. The van der Waals surface area contributed by atoms with E-state index in [0.717, 1.165) is 19.4 Å². The molecule has 2 amide bonds. The topological polar surface area (TPSA) is 95.7 Å². The van der Waals surface area contributed by atoms with Crippen molar-refractivity contribution >= 4 is 11.8 Å². The van der Waals surface area contributed by atoms with E-state index in [9.17, 15) is 14.7 Å². The summed E-state index contributed by atoms with van der Waals surface area (Å²) in [5.41, 5.74) is 5.13. The van der Waals surface area contributed by atoms with Gasteiger partial charge in [0.25, 0.3) is 0 Å². The van der Waals surface area contributed by atoms with E-state index in [1.807, 2.05) is 0 Å². The number of carbonyl (C=O) groups is 2.